The molecule has 0 saturated carbocycles. The number of hydrogen-bond donors (Lipinski definition) is 1. The summed E-state index contributed by atoms with van der Waals surface area (Å²) in [6.07, 6.45) is 1.86. The highest BCUT2D eigenvalue weighted by Crippen LogP contribution is 2.49. The number of carbonyl (C=O) groups is 1. The highest BCUT2D eigenvalue weighted by atomic mass is 28.3. The van der Waals surface area contributed by atoms with E-state index in [1.807, 2.05) is 28.8 Å². The number of nitrogens with zero attached hydrogens (tertiary/aromatic N) is 1. The van der Waals surface area contributed by atoms with Gasteiger partial charge in [-0.15, -0.1) is 6.58 Å². The summed E-state index contributed by atoms with van der Waals surface area (Å²) in [5, 5.41) is 11.0. The Bertz CT molecular complexity index is 589. The summed E-state index contributed by atoms with van der Waals surface area (Å²) in [6.45, 7) is 14.6. The summed E-state index contributed by atoms with van der Waals surface area (Å²) in [7, 11) is -2.11. The number of anilines is 1. The number of para-hydroxylation sites is 1. The molecule has 1 aliphatic heterocycles. The molecule has 1 aromatic rings. The number of aliphatic hydroxyl groups is 1. The van der Waals surface area contributed by atoms with Crippen LogP contribution in [-0.4, -0.2) is 19.2 Å². The molecule has 0 spiro atoms. The molecule has 0 bridgehead atoms. The Hall–Kier alpha value is -1.39. The Kier molecular flexibility index (Phi) is 3.67. The van der Waals surface area contributed by atoms with E-state index in [2.05, 4.69) is 40.4 Å². The van der Waals surface area contributed by atoms with E-state index >= 15 is 0 Å². The van der Waals surface area contributed by atoms with Crippen LogP contribution in [0.2, 0.25) is 18.1 Å². The maximum Gasteiger partial charge on any atom is 0.256 e. The molecule has 0 saturated heterocycles. The summed E-state index contributed by atoms with van der Waals surface area (Å²) in [5.74, 6) is -0.199. The first-order chi connectivity index (χ1) is 9.57. The van der Waals surface area contributed by atoms with Crippen LogP contribution in [0.5, 0.6) is 0 Å². The van der Waals surface area contributed by atoms with Gasteiger partial charge in [0.05, 0.1) is 0 Å². The Balaban J connectivity index is 2.66. The van der Waals surface area contributed by atoms with Gasteiger partial charge in [0.1, 0.15) is 0 Å². The van der Waals surface area contributed by atoms with Gasteiger partial charge in [0, 0.05) is 17.7 Å². The first-order valence-corrected chi connectivity index (χ1v) is 10.3. The van der Waals surface area contributed by atoms with E-state index in [9.17, 15) is 9.90 Å². The maximum atomic E-state index is 13.0. The van der Waals surface area contributed by atoms with E-state index < -0.39 is 13.8 Å². The monoisotopic (exact) mass is 303 g/mol. The zero-order valence-electron chi connectivity index (χ0n) is 13.6. The van der Waals surface area contributed by atoms with Gasteiger partial charge in [-0.05, 0) is 11.1 Å². The fourth-order valence-electron chi connectivity index (χ4n) is 2.72. The molecule has 1 aliphatic rings. The van der Waals surface area contributed by atoms with Crippen molar-refractivity contribution in [3.05, 3.63) is 42.5 Å². The largest absolute Gasteiger partial charge is 0.375 e. The fourth-order valence-corrected chi connectivity index (χ4v) is 4.89. The first kappa shape index (κ1) is 16.0. The normalized spacial score (nSPS) is 22.4. The van der Waals surface area contributed by atoms with Crippen LogP contribution in [0.3, 0.4) is 0 Å². The van der Waals surface area contributed by atoms with Crippen molar-refractivity contribution in [2.45, 2.75) is 50.9 Å². The van der Waals surface area contributed by atoms with E-state index in [0.717, 1.165) is 5.69 Å². The van der Waals surface area contributed by atoms with Crippen molar-refractivity contribution in [1.82, 2.24) is 0 Å². The van der Waals surface area contributed by atoms with Gasteiger partial charge in [0.15, 0.2) is 13.8 Å². The fraction of sp³-hybridized carbons (Fsp3) is 0.471. The van der Waals surface area contributed by atoms with E-state index in [4.69, 9.17) is 0 Å². The van der Waals surface area contributed by atoms with Gasteiger partial charge in [0.25, 0.3) is 5.91 Å². The second-order valence-electron chi connectivity index (χ2n) is 7.32. The third kappa shape index (κ3) is 2.17. The predicted molar refractivity (Wildman–Crippen MR) is 89.8 cm³/mol. The number of benzene rings is 1. The molecule has 1 N–H and O–H groups in total. The summed E-state index contributed by atoms with van der Waals surface area (Å²) in [4.78, 5) is 13.0. The summed E-state index contributed by atoms with van der Waals surface area (Å²) >= 11 is 0. The molecule has 0 fully saturated rings. The van der Waals surface area contributed by atoms with Crippen LogP contribution in [-0.2, 0) is 10.4 Å². The zero-order chi connectivity index (χ0) is 16.1. The molecule has 0 aromatic heterocycles. The van der Waals surface area contributed by atoms with Crippen molar-refractivity contribution in [1.29, 1.82) is 0 Å². The Labute approximate surface area is 128 Å². The topological polar surface area (TPSA) is 40.5 Å². The first-order valence-electron chi connectivity index (χ1n) is 7.35. The molecular formula is C17H25NO2Si. The van der Waals surface area contributed by atoms with Crippen LogP contribution in [0, 0.1) is 0 Å². The molecule has 3 nitrogen and oxygen atoms in total. The number of hydrogen-bond acceptors (Lipinski definition) is 2. The van der Waals surface area contributed by atoms with Crippen LogP contribution < -0.4 is 4.57 Å². The van der Waals surface area contributed by atoms with E-state index in [-0.39, 0.29) is 17.4 Å². The second-order valence-corrected chi connectivity index (χ2v) is 12.4. The summed E-state index contributed by atoms with van der Waals surface area (Å²) in [6, 6.07) is 7.58. The SMILES string of the molecule is C=CC[C@]1(O)C(=O)N([Si](C)(C)C(C)(C)C)c2ccccc21. The van der Waals surface area contributed by atoms with Gasteiger partial charge in [-0.3, -0.25) is 4.79 Å². The summed E-state index contributed by atoms with van der Waals surface area (Å²) < 4.78 is 1.89. The maximum absolute atomic E-state index is 13.0. The van der Waals surface area contributed by atoms with Gasteiger partial charge in [-0.2, -0.15) is 0 Å². The lowest BCUT2D eigenvalue weighted by Crippen LogP contribution is -2.59. The van der Waals surface area contributed by atoms with E-state index in [0.29, 0.717) is 5.56 Å². The highest BCUT2D eigenvalue weighted by molar-refractivity contribution is 6.87. The Morgan fingerprint density at radius 1 is 1.33 bits per heavy atom. The van der Waals surface area contributed by atoms with Crippen LogP contribution in [0.15, 0.2) is 36.9 Å². The van der Waals surface area contributed by atoms with Crippen molar-refractivity contribution in [2.24, 2.45) is 0 Å². The predicted octanol–water partition coefficient (Wildman–Crippen LogP) is 3.80. The molecule has 114 valence electrons. The van der Waals surface area contributed by atoms with Crippen molar-refractivity contribution in [2.75, 3.05) is 4.57 Å². The van der Waals surface area contributed by atoms with Crippen molar-refractivity contribution < 1.29 is 9.90 Å². The molecule has 4 heteroatoms. The molecule has 0 aliphatic carbocycles. The average molecular weight is 303 g/mol. The Morgan fingerprint density at radius 3 is 2.43 bits per heavy atom. The van der Waals surface area contributed by atoms with Crippen LogP contribution >= 0.6 is 0 Å². The summed E-state index contributed by atoms with van der Waals surface area (Å²) in [5.41, 5.74) is 0.103. The minimum Gasteiger partial charge on any atom is -0.375 e. The van der Waals surface area contributed by atoms with Crippen LogP contribution in [0.4, 0.5) is 5.69 Å². The molecule has 2 rings (SSSR count). The Morgan fingerprint density at radius 2 is 1.90 bits per heavy atom. The minimum absolute atomic E-state index is 0.00913. The number of rotatable bonds is 3. The smallest absolute Gasteiger partial charge is 0.256 e. The van der Waals surface area contributed by atoms with Crippen molar-refractivity contribution >= 4 is 19.8 Å². The molecule has 1 amide bonds. The molecule has 0 unspecified atom stereocenters. The van der Waals surface area contributed by atoms with Crippen molar-refractivity contribution in [3.63, 3.8) is 0 Å². The van der Waals surface area contributed by atoms with E-state index in [1.54, 1.807) is 6.08 Å². The molecule has 1 heterocycles. The molecule has 0 radical (unpaired) electrons. The number of carbonyl (C=O) groups excluding carboxylic acids is 1. The van der Waals surface area contributed by atoms with E-state index in [1.165, 1.54) is 0 Å². The lowest BCUT2D eigenvalue weighted by Gasteiger charge is -2.44. The lowest BCUT2D eigenvalue weighted by atomic mass is 9.92. The van der Waals surface area contributed by atoms with Crippen molar-refractivity contribution in [3.8, 4) is 0 Å². The molecule has 21 heavy (non-hydrogen) atoms. The second kappa shape index (κ2) is 4.82. The van der Waals surface area contributed by atoms with Crippen LogP contribution in [0.25, 0.3) is 0 Å². The average Bonchev–Trinajstić information content (AvgIpc) is 2.59. The van der Waals surface area contributed by atoms with Gasteiger partial charge >= 0.3 is 0 Å². The minimum atomic E-state index is -2.11. The van der Waals surface area contributed by atoms with Gasteiger partial charge in [0.2, 0.25) is 0 Å². The number of fused-ring (bicyclic) bond motifs is 1. The van der Waals surface area contributed by atoms with Crippen LogP contribution in [0.1, 0.15) is 32.8 Å². The third-order valence-corrected chi connectivity index (χ3v) is 10.2. The van der Waals surface area contributed by atoms with Gasteiger partial charge < -0.3 is 9.67 Å². The molecule has 1 aromatic carbocycles. The number of amides is 1. The van der Waals surface area contributed by atoms with Gasteiger partial charge in [-0.25, -0.2) is 0 Å². The molecule has 1 atom stereocenters. The molecular weight excluding hydrogens is 278 g/mol. The van der Waals surface area contributed by atoms with Gasteiger partial charge in [-0.1, -0.05) is 58.1 Å². The highest BCUT2D eigenvalue weighted by Gasteiger charge is 2.56. The quantitative estimate of drug-likeness (QED) is 0.681. The third-order valence-electron chi connectivity index (χ3n) is 4.98. The lowest BCUT2D eigenvalue weighted by molar-refractivity contribution is -0.134. The standard InChI is InChI=1S/C17H25NO2Si/c1-7-12-17(20)13-10-8-9-11-14(13)18(15(17)19)21(5,6)16(2,3)4/h7-11,20H,1,12H2,2-6H3/t17-/m1/s1. The zero-order valence-corrected chi connectivity index (χ0v) is 14.6.